The molecule has 0 aromatic heterocycles. The molecule has 0 fully saturated rings. The summed E-state index contributed by atoms with van der Waals surface area (Å²) >= 11 is 0. The number of methoxy groups -OCH3 is 2. The van der Waals surface area contributed by atoms with E-state index in [1.165, 1.54) is 37.3 Å². The number of carbonyl (C=O) groups is 2. The van der Waals surface area contributed by atoms with Crippen molar-refractivity contribution in [1.82, 2.24) is 10.2 Å². The van der Waals surface area contributed by atoms with Crippen molar-refractivity contribution in [3.05, 3.63) is 83.9 Å². The molecule has 1 N–H and O–H groups in total. The fraction of sp³-hybridized carbons (Fsp3) is 0.375. The second-order valence-corrected chi connectivity index (χ2v) is 11.7. The van der Waals surface area contributed by atoms with E-state index in [4.69, 9.17) is 9.47 Å². The monoisotopic (exact) mass is 595 g/mol. The summed E-state index contributed by atoms with van der Waals surface area (Å²) in [4.78, 5) is 28.9. The van der Waals surface area contributed by atoms with Crippen LogP contribution in [0.3, 0.4) is 0 Å². The van der Waals surface area contributed by atoms with Crippen LogP contribution in [0.15, 0.2) is 77.7 Å². The number of sulfonamides is 1. The van der Waals surface area contributed by atoms with Gasteiger partial charge in [-0.3, -0.25) is 13.9 Å². The second kappa shape index (κ2) is 15.3. The number of anilines is 1. The first-order valence-corrected chi connectivity index (χ1v) is 15.5. The first-order chi connectivity index (χ1) is 20.2. The number of nitrogens with one attached hydrogen (secondary N) is 1. The molecule has 0 bridgehead atoms. The first-order valence-electron chi connectivity index (χ1n) is 14.1. The molecule has 3 aromatic rings. The maximum atomic E-state index is 14.2. The first kappa shape index (κ1) is 32.5. The van der Waals surface area contributed by atoms with Gasteiger partial charge in [-0.05, 0) is 55.2 Å². The van der Waals surface area contributed by atoms with E-state index >= 15 is 0 Å². The predicted octanol–water partition coefficient (Wildman–Crippen LogP) is 4.93. The quantitative estimate of drug-likeness (QED) is 0.250. The fourth-order valence-corrected chi connectivity index (χ4v) is 6.05. The Morgan fingerprint density at radius 2 is 1.57 bits per heavy atom. The summed E-state index contributed by atoms with van der Waals surface area (Å²) in [6.07, 6.45) is 2.10. The lowest BCUT2D eigenvalue weighted by Gasteiger charge is -2.33. The molecule has 0 saturated heterocycles. The zero-order valence-electron chi connectivity index (χ0n) is 25.0. The van der Waals surface area contributed by atoms with Crippen molar-refractivity contribution in [3.8, 4) is 11.5 Å². The van der Waals surface area contributed by atoms with Crippen LogP contribution in [0.4, 0.5) is 5.69 Å². The van der Waals surface area contributed by atoms with E-state index in [1.807, 2.05) is 45.0 Å². The van der Waals surface area contributed by atoms with Crippen LogP contribution < -0.4 is 19.1 Å². The Bertz CT molecular complexity index is 1450. The van der Waals surface area contributed by atoms with E-state index in [9.17, 15) is 18.0 Å². The average Bonchev–Trinajstić information content (AvgIpc) is 3.00. The van der Waals surface area contributed by atoms with Gasteiger partial charge in [0.15, 0.2) is 11.5 Å². The zero-order chi connectivity index (χ0) is 30.7. The SMILES string of the molecule is CCCCNC(=O)[C@H](CC)N(Cc1ccccc1C)C(=O)CN(c1ccccc1)S(=O)(=O)c1ccc(OC)c(OC)c1. The second-order valence-electron chi connectivity index (χ2n) is 9.88. The number of rotatable bonds is 15. The van der Waals surface area contributed by atoms with E-state index in [2.05, 4.69) is 5.32 Å². The molecule has 0 radical (unpaired) electrons. The van der Waals surface area contributed by atoms with Crippen LogP contribution in [0.2, 0.25) is 0 Å². The van der Waals surface area contributed by atoms with Crippen molar-refractivity contribution in [2.75, 3.05) is 31.6 Å². The van der Waals surface area contributed by atoms with Crippen LogP contribution >= 0.6 is 0 Å². The molecule has 3 aromatic carbocycles. The van der Waals surface area contributed by atoms with E-state index in [0.29, 0.717) is 24.4 Å². The van der Waals surface area contributed by atoms with Gasteiger partial charge in [-0.25, -0.2) is 8.42 Å². The van der Waals surface area contributed by atoms with E-state index in [-0.39, 0.29) is 23.1 Å². The van der Waals surface area contributed by atoms with Crippen molar-refractivity contribution in [2.24, 2.45) is 0 Å². The van der Waals surface area contributed by atoms with Crippen molar-refractivity contribution in [3.63, 3.8) is 0 Å². The van der Waals surface area contributed by atoms with Gasteiger partial charge in [0.05, 0.1) is 24.8 Å². The summed E-state index contributed by atoms with van der Waals surface area (Å²) in [5, 5.41) is 2.94. The molecule has 226 valence electrons. The molecule has 3 rings (SSSR count). The van der Waals surface area contributed by atoms with E-state index < -0.39 is 28.5 Å². The number of amides is 2. The van der Waals surface area contributed by atoms with Gasteiger partial charge >= 0.3 is 0 Å². The lowest BCUT2D eigenvalue weighted by atomic mass is 10.1. The largest absolute Gasteiger partial charge is 0.493 e. The van der Waals surface area contributed by atoms with Gasteiger partial charge in [0.25, 0.3) is 10.0 Å². The normalized spacial score (nSPS) is 11.8. The lowest BCUT2D eigenvalue weighted by molar-refractivity contribution is -0.140. The minimum Gasteiger partial charge on any atom is -0.493 e. The molecule has 1 atom stereocenters. The van der Waals surface area contributed by atoms with Gasteiger partial charge in [-0.2, -0.15) is 0 Å². The van der Waals surface area contributed by atoms with Crippen molar-refractivity contribution < 1.29 is 27.5 Å². The number of carbonyl (C=O) groups excluding carboxylic acids is 2. The number of hydrogen-bond acceptors (Lipinski definition) is 6. The van der Waals surface area contributed by atoms with Crippen molar-refractivity contribution in [2.45, 2.75) is 57.5 Å². The highest BCUT2D eigenvalue weighted by Crippen LogP contribution is 2.32. The smallest absolute Gasteiger partial charge is 0.264 e. The van der Waals surface area contributed by atoms with Crippen LogP contribution in [0.5, 0.6) is 11.5 Å². The van der Waals surface area contributed by atoms with Gasteiger partial charge < -0.3 is 19.7 Å². The Morgan fingerprint density at radius 3 is 2.19 bits per heavy atom. The third-order valence-corrected chi connectivity index (χ3v) is 8.85. The molecule has 42 heavy (non-hydrogen) atoms. The van der Waals surface area contributed by atoms with Crippen LogP contribution in [0, 0.1) is 6.92 Å². The van der Waals surface area contributed by atoms with E-state index in [1.54, 1.807) is 30.3 Å². The highest BCUT2D eigenvalue weighted by molar-refractivity contribution is 7.92. The minimum atomic E-state index is -4.24. The number of aryl methyl sites for hydroxylation is 1. The highest BCUT2D eigenvalue weighted by Gasteiger charge is 2.34. The molecule has 2 amide bonds. The Hall–Kier alpha value is -4.05. The van der Waals surface area contributed by atoms with Crippen LogP contribution in [-0.4, -0.2) is 58.5 Å². The van der Waals surface area contributed by atoms with E-state index in [0.717, 1.165) is 28.3 Å². The molecule has 0 aliphatic carbocycles. The summed E-state index contributed by atoms with van der Waals surface area (Å²) in [5.41, 5.74) is 2.16. The predicted molar refractivity (Wildman–Crippen MR) is 164 cm³/mol. The van der Waals surface area contributed by atoms with Crippen LogP contribution in [0.1, 0.15) is 44.2 Å². The van der Waals surface area contributed by atoms with Gasteiger partial charge in [-0.1, -0.05) is 62.7 Å². The number of para-hydroxylation sites is 1. The molecule has 0 aliphatic heterocycles. The number of benzene rings is 3. The summed E-state index contributed by atoms with van der Waals surface area (Å²) in [6, 6.07) is 19.6. The summed E-state index contributed by atoms with van der Waals surface area (Å²) in [5.74, 6) is -0.137. The minimum absolute atomic E-state index is 0.0633. The third-order valence-electron chi connectivity index (χ3n) is 7.08. The molecule has 0 heterocycles. The van der Waals surface area contributed by atoms with Gasteiger partial charge in [0.2, 0.25) is 11.8 Å². The Labute approximate surface area is 249 Å². The zero-order valence-corrected chi connectivity index (χ0v) is 25.8. The highest BCUT2D eigenvalue weighted by atomic mass is 32.2. The van der Waals surface area contributed by atoms with Crippen molar-refractivity contribution in [1.29, 1.82) is 0 Å². The lowest BCUT2D eigenvalue weighted by Crippen LogP contribution is -2.52. The molecule has 0 saturated carbocycles. The fourth-order valence-electron chi connectivity index (χ4n) is 4.62. The van der Waals surface area contributed by atoms with Gasteiger partial charge in [0.1, 0.15) is 12.6 Å². The van der Waals surface area contributed by atoms with Crippen LogP contribution in [-0.2, 0) is 26.2 Å². The molecule has 9 nitrogen and oxygen atoms in total. The van der Waals surface area contributed by atoms with Gasteiger partial charge in [-0.15, -0.1) is 0 Å². The maximum absolute atomic E-state index is 14.2. The summed E-state index contributed by atoms with van der Waals surface area (Å²) in [6.45, 7) is 5.97. The Balaban J connectivity index is 2.06. The topological polar surface area (TPSA) is 105 Å². The summed E-state index contributed by atoms with van der Waals surface area (Å²) in [7, 11) is -1.35. The standard InChI is InChI=1S/C32H41N3O6S/c1-6-8-20-33-32(37)28(7-2)34(22-25-15-13-12-14-24(25)3)31(36)23-35(26-16-10-9-11-17-26)42(38,39)27-18-19-29(40-4)30(21-27)41-5/h9-19,21,28H,6-8,20,22-23H2,1-5H3,(H,33,37)/t28-/m0/s1. The van der Waals surface area contributed by atoms with Crippen molar-refractivity contribution >= 4 is 27.5 Å². The number of nitrogens with zero attached hydrogens (tertiary/aromatic N) is 2. The van der Waals surface area contributed by atoms with Gasteiger partial charge in [0, 0.05) is 19.2 Å². The third kappa shape index (κ3) is 7.82. The summed E-state index contributed by atoms with van der Waals surface area (Å²) < 4.78 is 39.9. The molecule has 0 spiro atoms. The molecule has 0 unspecified atom stereocenters. The van der Waals surface area contributed by atoms with Crippen LogP contribution in [0.25, 0.3) is 0 Å². The molecule has 10 heteroatoms. The average molecular weight is 596 g/mol. The molecular weight excluding hydrogens is 554 g/mol. The molecule has 0 aliphatic rings. The Kier molecular flexibility index (Phi) is 11.8. The number of hydrogen-bond donors (Lipinski definition) is 1. The number of unbranched alkanes of at least 4 members (excludes halogenated alkanes) is 1. The number of ether oxygens (including phenoxy) is 2. The molecular formula is C32H41N3O6S. The maximum Gasteiger partial charge on any atom is 0.264 e. The Morgan fingerprint density at radius 1 is 0.905 bits per heavy atom.